The van der Waals surface area contributed by atoms with E-state index in [4.69, 9.17) is 0 Å². The Labute approximate surface area is 159 Å². The van der Waals surface area contributed by atoms with Gasteiger partial charge in [-0.05, 0) is 24.1 Å². The molecule has 0 heterocycles. The van der Waals surface area contributed by atoms with Crippen molar-refractivity contribution >= 4 is 23.5 Å². The van der Waals surface area contributed by atoms with Gasteiger partial charge in [0.1, 0.15) is 5.54 Å². The van der Waals surface area contributed by atoms with Gasteiger partial charge in [0.05, 0.1) is 16.1 Å². The number of aromatic carboxylic acids is 1. The van der Waals surface area contributed by atoms with Crippen LogP contribution in [-0.2, 0) is 11.2 Å². The third-order valence-corrected chi connectivity index (χ3v) is 4.42. The maximum atomic E-state index is 12.7. The number of carboxylic acids is 2. The topological polar surface area (TPSA) is 147 Å². The highest BCUT2D eigenvalue weighted by Crippen LogP contribution is 2.22. The SMILES string of the molecule is CC[C@@](Cc1ccc([N+](=O)[O-])cc1)(NC(=O)c1ccccc1C(=O)O)C(=O)O. The van der Waals surface area contributed by atoms with Gasteiger partial charge in [0, 0.05) is 18.6 Å². The summed E-state index contributed by atoms with van der Waals surface area (Å²) in [6, 6.07) is 10.8. The summed E-state index contributed by atoms with van der Waals surface area (Å²) in [7, 11) is 0. The zero-order valence-electron chi connectivity index (χ0n) is 14.9. The highest BCUT2D eigenvalue weighted by molar-refractivity contribution is 6.06. The second-order valence-electron chi connectivity index (χ2n) is 6.15. The summed E-state index contributed by atoms with van der Waals surface area (Å²) in [5, 5.41) is 32.2. The Kier molecular flexibility index (Phi) is 6.09. The maximum absolute atomic E-state index is 12.7. The molecule has 0 aliphatic heterocycles. The lowest BCUT2D eigenvalue weighted by Crippen LogP contribution is -2.56. The van der Waals surface area contributed by atoms with Gasteiger partial charge in [-0.2, -0.15) is 0 Å². The number of benzene rings is 2. The number of nitrogens with zero attached hydrogens (tertiary/aromatic N) is 1. The van der Waals surface area contributed by atoms with E-state index in [-0.39, 0.29) is 29.7 Å². The average molecular weight is 386 g/mol. The van der Waals surface area contributed by atoms with Crippen LogP contribution in [0.25, 0.3) is 0 Å². The van der Waals surface area contributed by atoms with Crippen molar-refractivity contribution in [3.05, 3.63) is 75.3 Å². The van der Waals surface area contributed by atoms with Gasteiger partial charge >= 0.3 is 11.9 Å². The highest BCUT2D eigenvalue weighted by Gasteiger charge is 2.39. The van der Waals surface area contributed by atoms with Crippen molar-refractivity contribution in [2.45, 2.75) is 25.3 Å². The van der Waals surface area contributed by atoms with Gasteiger partial charge in [-0.15, -0.1) is 0 Å². The van der Waals surface area contributed by atoms with E-state index < -0.39 is 28.3 Å². The lowest BCUT2D eigenvalue weighted by molar-refractivity contribution is -0.384. The first kappa shape index (κ1) is 20.6. The van der Waals surface area contributed by atoms with Crippen LogP contribution in [0, 0.1) is 10.1 Å². The Balaban J connectivity index is 2.35. The Morgan fingerprint density at radius 1 is 1.04 bits per heavy atom. The second kappa shape index (κ2) is 8.30. The van der Waals surface area contributed by atoms with Gasteiger partial charge in [0.2, 0.25) is 0 Å². The van der Waals surface area contributed by atoms with Crippen molar-refractivity contribution in [1.82, 2.24) is 5.32 Å². The number of carbonyl (C=O) groups is 3. The van der Waals surface area contributed by atoms with Crippen molar-refractivity contribution in [3.63, 3.8) is 0 Å². The summed E-state index contributed by atoms with van der Waals surface area (Å²) in [5.74, 6) is -3.43. The molecular formula is C19H18N2O7. The summed E-state index contributed by atoms with van der Waals surface area (Å²) in [4.78, 5) is 46.1. The van der Waals surface area contributed by atoms with Crippen LogP contribution >= 0.6 is 0 Å². The van der Waals surface area contributed by atoms with E-state index in [1.165, 1.54) is 48.5 Å². The molecule has 0 bridgehead atoms. The number of hydrogen-bond acceptors (Lipinski definition) is 5. The first-order chi connectivity index (χ1) is 13.2. The number of amides is 1. The molecule has 1 atom stereocenters. The molecule has 0 saturated carbocycles. The molecule has 9 heteroatoms. The Hall–Kier alpha value is -3.75. The lowest BCUT2D eigenvalue weighted by Gasteiger charge is -2.30. The van der Waals surface area contributed by atoms with Crippen LogP contribution in [0.3, 0.4) is 0 Å². The summed E-state index contributed by atoms with van der Waals surface area (Å²) in [6.45, 7) is 1.57. The molecule has 0 aliphatic rings. The third-order valence-electron chi connectivity index (χ3n) is 4.42. The van der Waals surface area contributed by atoms with E-state index in [1.54, 1.807) is 6.92 Å². The molecule has 146 valence electrons. The number of carbonyl (C=O) groups excluding carboxylic acids is 1. The largest absolute Gasteiger partial charge is 0.479 e. The minimum absolute atomic E-state index is 0.0142. The van der Waals surface area contributed by atoms with Gasteiger partial charge in [-0.1, -0.05) is 31.2 Å². The number of nitro benzene ring substituents is 1. The predicted octanol–water partition coefficient (Wildman–Crippen LogP) is 2.50. The maximum Gasteiger partial charge on any atom is 0.336 e. The molecule has 9 nitrogen and oxygen atoms in total. The van der Waals surface area contributed by atoms with Crippen molar-refractivity contribution in [2.75, 3.05) is 0 Å². The molecule has 2 rings (SSSR count). The fourth-order valence-corrected chi connectivity index (χ4v) is 2.77. The smallest absolute Gasteiger partial charge is 0.336 e. The number of carboxylic acid groups (broad SMARTS) is 2. The molecule has 0 spiro atoms. The molecule has 1 amide bonds. The molecule has 3 N–H and O–H groups in total. The summed E-state index contributed by atoms with van der Waals surface area (Å²) in [5.41, 5.74) is -1.77. The predicted molar refractivity (Wildman–Crippen MR) is 98.3 cm³/mol. The molecule has 0 aromatic heterocycles. The van der Waals surface area contributed by atoms with Gasteiger partial charge in [0.15, 0.2) is 0 Å². The molecule has 2 aromatic carbocycles. The van der Waals surface area contributed by atoms with Gasteiger partial charge in [-0.3, -0.25) is 14.9 Å². The van der Waals surface area contributed by atoms with Crippen LogP contribution < -0.4 is 5.32 Å². The zero-order valence-corrected chi connectivity index (χ0v) is 14.9. The highest BCUT2D eigenvalue weighted by atomic mass is 16.6. The summed E-state index contributed by atoms with van der Waals surface area (Å²) in [6.07, 6.45) is -0.113. The van der Waals surface area contributed by atoms with E-state index in [1.807, 2.05) is 0 Å². The second-order valence-corrected chi connectivity index (χ2v) is 6.15. The van der Waals surface area contributed by atoms with E-state index >= 15 is 0 Å². The standard InChI is InChI=1S/C19H18N2O7/c1-2-19(18(25)26,11-12-7-9-13(10-8-12)21(27)28)20-16(22)14-5-3-4-6-15(14)17(23)24/h3-10H,2,11H2,1H3,(H,20,22)(H,23,24)(H,25,26)/t19-/m0/s1. The molecular weight excluding hydrogens is 368 g/mol. The van der Waals surface area contributed by atoms with E-state index in [2.05, 4.69) is 5.32 Å². The van der Waals surface area contributed by atoms with E-state index in [0.29, 0.717) is 5.56 Å². The van der Waals surface area contributed by atoms with Crippen LogP contribution in [0.4, 0.5) is 5.69 Å². The van der Waals surface area contributed by atoms with E-state index in [0.717, 1.165) is 0 Å². The fraction of sp³-hybridized carbons (Fsp3) is 0.211. The minimum atomic E-state index is -1.71. The van der Waals surface area contributed by atoms with Crippen LogP contribution in [0.15, 0.2) is 48.5 Å². The Bertz CT molecular complexity index is 924. The van der Waals surface area contributed by atoms with Gasteiger partial charge < -0.3 is 15.5 Å². The molecule has 0 unspecified atom stereocenters. The summed E-state index contributed by atoms with van der Waals surface area (Å²) < 4.78 is 0. The van der Waals surface area contributed by atoms with Crippen molar-refractivity contribution in [2.24, 2.45) is 0 Å². The Morgan fingerprint density at radius 2 is 1.61 bits per heavy atom. The molecule has 0 fully saturated rings. The van der Waals surface area contributed by atoms with Crippen LogP contribution in [-0.4, -0.2) is 38.5 Å². The summed E-state index contributed by atoms with van der Waals surface area (Å²) >= 11 is 0. The average Bonchev–Trinajstić information content (AvgIpc) is 2.67. The Morgan fingerprint density at radius 3 is 2.07 bits per heavy atom. The van der Waals surface area contributed by atoms with E-state index in [9.17, 15) is 34.7 Å². The molecule has 0 aliphatic carbocycles. The van der Waals surface area contributed by atoms with Crippen LogP contribution in [0.1, 0.15) is 39.6 Å². The monoisotopic (exact) mass is 386 g/mol. The van der Waals surface area contributed by atoms with Gasteiger partial charge in [-0.25, -0.2) is 9.59 Å². The quantitative estimate of drug-likeness (QED) is 0.466. The number of hydrogen-bond donors (Lipinski definition) is 3. The fourth-order valence-electron chi connectivity index (χ4n) is 2.77. The lowest BCUT2D eigenvalue weighted by atomic mass is 9.87. The minimum Gasteiger partial charge on any atom is -0.479 e. The zero-order chi connectivity index (χ0) is 20.9. The molecule has 2 aromatic rings. The van der Waals surface area contributed by atoms with Crippen molar-refractivity contribution in [1.29, 1.82) is 0 Å². The van der Waals surface area contributed by atoms with Crippen molar-refractivity contribution < 1.29 is 29.5 Å². The number of non-ortho nitro benzene ring substituents is 1. The molecule has 28 heavy (non-hydrogen) atoms. The number of aliphatic carboxylic acids is 1. The first-order valence-corrected chi connectivity index (χ1v) is 8.31. The third kappa shape index (κ3) is 4.32. The normalized spacial score (nSPS) is 12.6. The van der Waals surface area contributed by atoms with Gasteiger partial charge in [0.25, 0.3) is 11.6 Å². The van der Waals surface area contributed by atoms with Crippen molar-refractivity contribution in [3.8, 4) is 0 Å². The molecule has 0 radical (unpaired) electrons. The number of rotatable bonds is 8. The first-order valence-electron chi connectivity index (χ1n) is 8.31. The molecule has 0 saturated heterocycles. The van der Waals surface area contributed by atoms with Crippen LogP contribution in [0.2, 0.25) is 0 Å². The van der Waals surface area contributed by atoms with Crippen LogP contribution in [0.5, 0.6) is 0 Å². The number of nitro groups is 1. The number of nitrogens with one attached hydrogen (secondary N) is 1.